The molecule has 1 aromatic carbocycles. The largest absolute Gasteiger partial charge is 0.494 e. The molecule has 3 N–H and O–H groups in total. The lowest BCUT2D eigenvalue weighted by Gasteiger charge is -2.27. The molecule has 0 radical (unpaired) electrons. The first-order valence-corrected chi connectivity index (χ1v) is 8.98. The van der Waals surface area contributed by atoms with E-state index in [1.54, 1.807) is 6.92 Å². The molecule has 2 amide bonds. The average Bonchev–Trinajstić information content (AvgIpc) is 3.06. The Kier molecular flexibility index (Phi) is 6.62. The van der Waals surface area contributed by atoms with Gasteiger partial charge in [0.25, 0.3) is 5.91 Å². The van der Waals surface area contributed by atoms with Gasteiger partial charge in [0.15, 0.2) is 0 Å². The number of nitrogens with zero attached hydrogens (tertiary/aromatic N) is 1. The van der Waals surface area contributed by atoms with Crippen LogP contribution in [0.3, 0.4) is 0 Å². The Morgan fingerprint density at radius 2 is 1.86 bits per heavy atom. The number of alkyl halides is 3. The molecule has 152 valence electrons. The highest BCUT2D eigenvalue weighted by atomic mass is 32.1. The number of aromatic nitrogens is 1. The molecule has 0 fully saturated rings. The molecule has 2 aromatic rings. The van der Waals surface area contributed by atoms with Crippen molar-refractivity contribution < 1.29 is 32.6 Å². The third kappa shape index (κ3) is 4.98. The zero-order valence-electron chi connectivity index (χ0n) is 15.0. The van der Waals surface area contributed by atoms with Crippen molar-refractivity contribution in [3.8, 4) is 5.75 Å². The predicted octanol–water partition coefficient (Wildman–Crippen LogP) is 2.45. The lowest BCUT2D eigenvalue weighted by Crippen LogP contribution is -2.49. The Labute approximate surface area is 162 Å². The van der Waals surface area contributed by atoms with E-state index in [1.807, 2.05) is 10.9 Å². The molecule has 1 heterocycles. The zero-order valence-corrected chi connectivity index (χ0v) is 15.8. The molecular weight excluding hydrogens is 399 g/mol. The van der Waals surface area contributed by atoms with Crippen LogP contribution in [-0.4, -0.2) is 34.7 Å². The van der Waals surface area contributed by atoms with Gasteiger partial charge < -0.3 is 9.84 Å². The number of halogens is 3. The first-order chi connectivity index (χ1) is 13.1. The van der Waals surface area contributed by atoms with Crippen LogP contribution in [0.1, 0.15) is 34.4 Å². The number of nitrogens with one attached hydrogen (secondary N) is 2. The number of rotatable bonds is 6. The second-order valence-electron chi connectivity index (χ2n) is 5.79. The molecule has 0 saturated heterocycles. The molecule has 2 rings (SSSR count). The van der Waals surface area contributed by atoms with Gasteiger partial charge in [0.05, 0.1) is 13.0 Å². The summed E-state index contributed by atoms with van der Waals surface area (Å²) < 4.78 is 45.3. The number of carbonyl (C=O) groups is 2. The number of hydrogen-bond acceptors (Lipinski definition) is 6. The van der Waals surface area contributed by atoms with Crippen LogP contribution < -0.4 is 15.6 Å². The highest BCUT2D eigenvalue weighted by Gasteiger charge is 2.58. The van der Waals surface area contributed by atoms with E-state index in [0.29, 0.717) is 23.7 Å². The van der Waals surface area contributed by atoms with Crippen LogP contribution in [0.5, 0.6) is 5.75 Å². The maximum Gasteiger partial charge on any atom is 0.424 e. The summed E-state index contributed by atoms with van der Waals surface area (Å²) in [5, 5.41) is 10.8. The van der Waals surface area contributed by atoms with E-state index >= 15 is 0 Å². The number of hydrazine groups is 1. The molecule has 28 heavy (non-hydrogen) atoms. The summed E-state index contributed by atoms with van der Waals surface area (Å²) in [6.07, 6.45) is -6.49. The first-order valence-electron chi connectivity index (χ1n) is 8.10. The molecule has 0 aliphatic rings. The van der Waals surface area contributed by atoms with Gasteiger partial charge in [-0.05, 0) is 38.1 Å². The minimum atomic E-state index is -5.13. The Balaban J connectivity index is 2.02. The Morgan fingerprint density at radius 3 is 2.36 bits per heavy atom. The molecule has 1 unspecified atom stereocenters. The molecule has 0 saturated carbocycles. The molecule has 11 heteroatoms. The van der Waals surface area contributed by atoms with Crippen molar-refractivity contribution in [1.29, 1.82) is 0 Å². The van der Waals surface area contributed by atoms with E-state index in [1.165, 1.54) is 36.6 Å². The predicted molar refractivity (Wildman–Crippen MR) is 94.6 cm³/mol. The van der Waals surface area contributed by atoms with Gasteiger partial charge in [-0.2, -0.15) is 13.2 Å². The van der Waals surface area contributed by atoms with Crippen LogP contribution in [0.25, 0.3) is 0 Å². The molecule has 1 atom stereocenters. The summed E-state index contributed by atoms with van der Waals surface area (Å²) in [5.41, 5.74) is 0.862. The normalized spacial score (nSPS) is 13.5. The van der Waals surface area contributed by atoms with Crippen molar-refractivity contribution in [3.05, 3.63) is 45.9 Å². The summed E-state index contributed by atoms with van der Waals surface area (Å²) >= 11 is 0.592. The van der Waals surface area contributed by atoms with Gasteiger partial charge >= 0.3 is 6.18 Å². The van der Waals surface area contributed by atoms with Crippen LogP contribution in [0.2, 0.25) is 0 Å². The number of amides is 2. The van der Waals surface area contributed by atoms with Gasteiger partial charge in [-0.25, -0.2) is 4.98 Å². The van der Waals surface area contributed by atoms with Crippen LogP contribution in [0.4, 0.5) is 13.2 Å². The Hall–Kier alpha value is -2.66. The van der Waals surface area contributed by atoms with Gasteiger partial charge in [0.1, 0.15) is 10.8 Å². The van der Waals surface area contributed by atoms with E-state index in [-0.39, 0.29) is 11.3 Å². The second kappa shape index (κ2) is 8.57. The first kappa shape index (κ1) is 21.6. The standard InChI is InChI=1S/C17H18F3N3O4S/c1-3-27-12-6-4-11(5-7-12)14(25)23-22-13(24)8-16(26,17(18,19)20)15-21-10(2)9-28-15/h4-7,9,26H,3,8H2,1-2H3,(H,22,24)(H,23,25). The fraction of sp³-hybridized carbons (Fsp3) is 0.353. The van der Waals surface area contributed by atoms with E-state index in [9.17, 15) is 27.9 Å². The smallest absolute Gasteiger partial charge is 0.424 e. The van der Waals surface area contributed by atoms with Crippen LogP contribution in [0.15, 0.2) is 29.6 Å². The summed E-state index contributed by atoms with van der Waals surface area (Å²) in [6.45, 7) is 3.71. The molecule has 0 bridgehead atoms. The number of aliphatic hydroxyl groups is 1. The van der Waals surface area contributed by atoms with Crippen molar-refractivity contribution in [2.75, 3.05) is 6.61 Å². The topological polar surface area (TPSA) is 101 Å². The molecule has 0 aliphatic carbocycles. The van der Waals surface area contributed by atoms with Crippen molar-refractivity contribution in [3.63, 3.8) is 0 Å². The minimum Gasteiger partial charge on any atom is -0.494 e. The van der Waals surface area contributed by atoms with E-state index in [2.05, 4.69) is 4.98 Å². The molecule has 0 aliphatic heterocycles. The zero-order chi connectivity index (χ0) is 20.9. The maximum absolute atomic E-state index is 13.4. The van der Waals surface area contributed by atoms with Crippen LogP contribution in [-0.2, 0) is 10.4 Å². The molecular formula is C17H18F3N3O4S. The number of aryl methyl sites for hydroxylation is 1. The number of hydrogen-bond donors (Lipinski definition) is 3. The average molecular weight is 417 g/mol. The van der Waals surface area contributed by atoms with Gasteiger partial charge in [-0.15, -0.1) is 11.3 Å². The minimum absolute atomic E-state index is 0.158. The summed E-state index contributed by atoms with van der Waals surface area (Å²) in [5.74, 6) is -1.43. The SMILES string of the molecule is CCOc1ccc(C(=O)NNC(=O)CC(O)(c2nc(C)cs2)C(F)(F)F)cc1. The van der Waals surface area contributed by atoms with E-state index < -0.39 is 35.0 Å². The van der Waals surface area contributed by atoms with Gasteiger partial charge in [-0.1, -0.05) is 0 Å². The van der Waals surface area contributed by atoms with Gasteiger partial charge in [-0.3, -0.25) is 20.4 Å². The monoisotopic (exact) mass is 417 g/mol. The Bertz CT molecular complexity index is 839. The molecule has 0 spiro atoms. The summed E-state index contributed by atoms with van der Waals surface area (Å²) in [7, 11) is 0. The summed E-state index contributed by atoms with van der Waals surface area (Å²) in [6, 6.07) is 5.93. The highest BCUT2D eigenvalue weighted by Crippen LogP contribution is 2.42. The fourth-order valence-corrected chi connectivity index (χ4v) is 3.10. The summed E-state index contributed by atoms with van der Waals surface area (Å²) in [4.78, 5) is 27.6. The van der Waals surface area contributed by atoms with E-state index in [4.69, 9.17) is 4.74 Å². The maximum atomic E-state index is 13.4. The lowest BCUT2D eigenvalue weighted by atomic mass is 9.99. The van der Waals surface area contributed by atoms with Gasteiger partial charge in [0.2, 0.25) is 11.5 Å². The number of carbonyl (C=O) groups excluding carboxylic acids is 2. The third-order valence-electron chi connectivity index (χ3n) is 3.60. The van der Waals surface area contributed by atoms with Crippen LogP contribution >= 0.6 is 11.3 Å². The van der Waals surface area contributed by atoms with Crippen LogP contribution in [0, 0.1) is 6.92 Å². The quantitative estimate of drug-likeness (QED) is 0.627. The molecule has 7 nitrogen and oxygen atoms in total. The van der Waals surface area contributed by atoms with Crippen molar-refractivity contribution in [2.24, 2.45) is 0 Å². The number of ether oxygens (including phenoxy) is 1. The highest BCUT2D eigenvalue weighted by molar-refractivity contribution is 7.09. The van der Waals surface area contributed by atoms with Crippen molar-refractivity contribution in [1.82, 2.24) is 15.8 Å². The number of thiazole rings is 1. The van der Waals surface area contributed by atoms with Gasteiger partial charge in [0, 0.05) is 16.6 Å². The van der Waals surface area contributed by atoms with E-state index in [0.717, 1.165) is 0 Å². The Morgan fingerprint density at radius 1 is 1.21 bits per heavy atom. The number of benzene rings is 1. The van der Waals surface area contributed by atoms with Crippen molar-refractivity contribution >= 4 is 23.2 Å². The third-order valence-corrected chi connectivity index (χ3v) is 4.71. The van der Waals surface area contributed by atoms with Crippen molar-refractivity contribution in [2.45, 2.75) is 32.0 Å². The molecule has 1 aromatic heterocycles. The second-order valence-corrected chi connectivity index (χ2v) is 6.65. The lowest BCUT2D eigenvalue weighted by molar-refractivity contribution is -0.267. The fourth-order valence-electron chi connectivity index (χ4n) is 2.19.